The van der Waals surface area contributed by atoms with Crippen molar-refractivity contribution in [1.29, 1.82) is 0 Å². The van der Waals surface area contributed by atoms with Crippen LogP contribution < -0.4 is 0 Å². The fourth-order valence-electron chi connectivity index (χ4n) is 2.16. The first-order valence-electron chi connectivity index (χ1n) is 5.16. The van der Waals surface area contributed by atoms with Crippen molar-refractivity contribution >= 4 is 11.6 Å². The molecule has 0 aromatic rings. The Morgan fingerprint density at radius 3 is 2.67 bits per heavy atom. The molecule has 2 atom stereocenters. The molecule has 0 aromatic heterocycles. The molecule has 12 heavy (non-hydrogen) atoms. The minimum Gasteiger partial charge on any atom is -0.118 e. The highest BCUT2D eigenvalue weighted by Crippen LogP contribution is 2.43. The molecular formula is C11H17Cl. The molecule has 0 spiro atoms. The number of allylic oxidation sites excluding steroid dienone is 2. The molecule has 0 aromatic carbocycles. The van der Waals surface area contributed by atoms with Gasteiger partial charge < -0.3 is 0 Å². The lowest BCUT2D eigenvalue weighted by molar-refractivity contribution is 0.454. The maximum absolute atomic E-state index is 6.27. The number of halogens is 1. The largest absolute Gasteiger partial charge is 0.118 e. The Hall–Kier alpha value is 0.0300. The van der Waals surface area contributed by atoms with Gasteiger partial charge in [-0.15, -0.1) is 11.6 Å². The van der Waals surface area contributed by atoms with E-state index in [0.717, 1.165) is 11.8 Å². The molecule has 1 saturated carbocycles. The van der Waals surface area contributed by atoms with Crippen molar-refractivity contribution in [3.63, 3.8) is 0 Å². The van der Waals surface area contributed by atoms with Crippen LogP contribution in [-0.2, 0) is 0 Å². The van der Waals surface area contributed by atoms with Gasteiger partial charge >= 0.3 is 0 Å². The Labute approximate surface area is 80.0 Å². The van der Waals surface area contributed by atoms with E-state index in [1.165, 1.54) is 32.1 Å². The van der Waals surface area contributed by atoms with Crippen molar-refractivity contribution in [3.8, 4) is 0 Å². The summed E-state index contributed by atoms with van der Waals surface area (Å²) in [4.78, 5) is 0. The minimum absolute atomic E-state index is 0.333. The van der Waals surface area contributed by atoms with Crippen LogP contribution in [0.15, 0.2) is 11.6 Å². The minimum atomic E-state index is 0.333. The zero-order valence-corrected chi connectivity index (χ0v) is 8.48. The topological polar surface area (TPSA) is 0 Å². The third-order valence-corrected chi connectivity index (χ3v) is 3.74. The Kier molecular flexibility index (Phi) is 2.45. The van der Waals surface area contributed by atoms with Gasteiger partial charge in [-0.3, -0.25) is 0 Å². The Balaban J connectivity index is 2.00. The van der Waals surface area contributed by atoms with Crippen molar-refractivity contribution in [1.82, 2.24) is 0 Å². The van der Waals surface area contributed by atoms with Crippen LogP contribution >= 0.6 is 11.6 Å². The fourth-order valence-corrected chi connectivity index (χ4v) is 2.62. The summed E-state index contributed by atoms with van der Waals surface area (Å²) in [7, 11) is 0. The van der Waals surface area contributed by atoms with E-state index in [4.69, 9.17) is 11.6 Å². The van der Waals surface area contributed by atoms with E-state index >= 15 is 0 Å². The zero-order valence-electron chi connectivity index (χ0n) is 7.72. The highest BCUT2D eigenvalue weighted by Gasteiger charge is 2.30. The van der Waals surface area contributed by atoms with Crippen LogP contribution in [0.2, 0.25) is 0 Å². The summed E-state index contributed by atoms with van der Waals surface area (Å²) in [5.74, 6) is 1.68. The summed E-state index contributed by atoms with van der Waals surface area (Å²) in [6.07, 6.45) is 9.08. The molecule has 0 radical (unpaired) electrons. The van der Waals surface area contributed by atoms with E-state index in [0.29, 0.717) is 5.38 Å². The SMILES string of the molecule is CC[C@H]1CCC(C2CC2)=CC1Cl. The predicted molar refractivity (Wildman–Crippen MR) is 53.5 cm³/mol. The Morgan fingerprint density at radius 1 is 1.42 bits per heavy atom. The molecule has 2 aliphatic rings. The molecule has 0 N–H and O–H groups in total. The van der Waals surface area contributed by atoms with Crippen molar-refractivity contribution in [2.45, 2.75) is 44.4 Å². The van der Waals surface area contributed by atoms with E-state index in [9.17, 15) is 0 Å². The van der Waals surface area contributed by atoms with Crippen LogP contribution in [0.5, 0.6) is 0 Å². The quantitative estimate of drug-likeness (QED) is 0.453. The molecule has 1 fully saturated rings. The fraction of sp³-hybridized carbons (Fsp3) is 0.818. The molecule has 1 unspecified atom stereocenters. The molecule has 2 rings (SSSR count). The maximum atomic E-state index is 6.27. The summed E-state index contributed by atoms with van der Waals surface area (Å²) in [6.45, 7) is 2.25. The smallest absolute Gasteiger partial charge is 0.0546 e. The number of rotatable bonds is 2. The molecule has 68 valence electrons. The molecular weight excluding hydrogens is 168 g/mol. The van der Waals surface area contributed by atoms with Gasteiger partial charge in [0, 0.05) is 0 Å². The first kappa shape index (κ1) is 8.62. The number of alkyl halides is 1. The monoisotopic (exact) mass is 184 g/mol. The molecule has 1 heteroatoms. The van der Waals surface area contributed by atoms with E-state index < -0.39 is 0 Å². The molecule has 0 heterocycles. The van der Waals surface area contributed by atoms with Gasteiger partial charge in [-0.05, 0) is 37.5 Å². The summed E-state index contributed by atoms with van der Waals surface area (Å²) in [5.41, 5.74) is 1.67. The third-order valence-electron chi connectivity index (χ3n) is 3.25. The van der Waals surface area contributed by atoms with E-state index in [1.54, 1.807) is 5.57 Å². The van der Waals surface area contributed by atoms with Crippen molar-refractivity contribution in [3.05, 3.63) is 11.6 Å². The van der Waals surface area contributed by atoms with Crippen LogP contribution in [0.4, 0.5) is 0 Å². The average molecular weight is 185 g/mol. The van der Waals surface area contributed by atoms with Crippen molar-refractivity contribution in [2.24, 2.45) is 11.8 Å². The molecule has 2 aliphatic carbocycles. The normalized spacial score (nSPS) is 36.3. The lowest BCUT2D eigenvalue weighted by Crippen LogP contribution is -2.17. The zero-order chi connectivity index (χ0) is 8.55. The highest BCUT2D eigenvalue weighted by molar-refractivity contribution is 6.22. The van der Waals surface area contributed by atoms with E-state index in [1.807, 2.05) is 0 Å². The summed E-state index contributed by atoms with van der Waals surface area (Å²) in [5, 5.41) is 0.333. The van der Waals surface area contributed by atoms with Gasteiger partial charge in [-0.1, -0.05) is 25.0 Å². The van der Waals surface area contributed by atoms with Gasteiger partial charge in [0.1, 0.15) is 0 Å². The lowest BCUT2D eigenvalue weighted by Gasteiger charge is -2.25. The molecule has 0 nitrogen and oxygen atoms in total. The van der Waals surface area contributed by atoms with Crippen molar-refractivity contribution < 1.29 is 0 Å². The van der Waals surface area contributed by atoms with E-state index in [2.05, 4.69) is 13.0 Å². The Bertz CT molecular complexity index is 191. The Morgan fingerprint density at radius 2 is 2.17 bits per heavy atom. The maximum Gasteiger partial charge on any atom is 0.0546 e. The van der Waals surface area contributed by atoms with Gasteiger partial charge in [0.25, 0.3) is 0 Å². The van der Waals surface area contributed by atoms with Crippen LogP contribution in [0.3, 0.4) is 0 Å². The highest BCUT2D eigenvalue weighted by atomic mass is 35.5. The molecule has 0 amide bonds. The standard InChI is InChI=1S/C11H17Cl/c1-2-8-3-6-10(7-11(8)12)9-4-5-9/h7-9,11H,2-6H2,1H3/t8-,11?/m0/s1. The van der Waals surface area contributed by atoms with Gasteiger partial charge in [0.15, 0.2) is 0 Å². The predicted octanol–water partition coefficient (Wildman–Crippen LogP) is 3.75. The van der Waals surface area contributed by atoms with Gasteiger partial charge in [-0.2, -0.15) is 0 Å². The average Bonchev–Trinajstić information content (AvgIpc) is 2.86. The van der Waals surface area contributed by atoms with E-state index in [-0.39, 0.29) is 0 Å². The number of hydrogen-bond donors (Lipinski definition) is 0. The molecule has 0 saturated heterocycles. The third kappa shape index (κ3) is 1.69. The van der Waals surface area contributed by atoms with Gasteiger partial charge in [-0.25, -0.2) is 0 Å². The summed E-state index contributed by atoms with van der Waals surface area (Å²) >= 11 is 6.27. The van der Waals surface area contributed by atoms with Crippen molar-refractivity contribution in [2.75, 3.05) is 0 Å². The van der Waals surface area contributed by atoms with Crippen LogP contribution in [0, 0.1) is 11.8 Å². The second-order valence-corrected chi connectivity index (χ2v) is 4.67. The van der Waals surface area contributed by atoms with Gasteiger partial charge in [0.05, 0.1) is 5.38 Å². The number of hydrogen-bond acceptors (Lipinski definition) is 0. The molecule has 0 bridgehead atoms. The molecule has 0 aliphatic heterocycles. The van der Waals surface area contributed by atoms with Crippen LogP contribution in [-0.4, -0.2) is 5.38 Å². The van der Waals surface area contributed by atoms with Crippen LogP contribution in [0.1, 0.15) is 39.0 Å². The summed E-state index contributed by atoms with van der Waals surface area (Å²) in [6, 6.07) is 0. The first-order valence-corrected chi connectivity index (χ1v) is 5.59. The lowest BCUT2D eigenvalue weighted by atomic mass is 9.86. The van der Waals surface area contributed by atoms with Crippen LogP contribution in [0.25, 0.3) is 0 Å². The first-order chi connectivity index (χ1) is 5.81. The second kappa shape index (κ2) is 3.41. The second-order valence-electron chi connectivity index (χ2n) is 4.17. The van der Waals surface area contributed by atoms with Gasteiger partial charge in [0.2, 0.25) is 0 Å². The summed E-state index contributed by atoms with van der Waals surface area (Å²) < 4.78 is 0.